The molecule has 0 saturated heterocycles. The topological polar surface area (TPSA) is 119 Å². The normalized spacial score (nSPS) is 11.8. The molecular formula is C19H17N3O5S. The summed E-state index contributed by atoms with van der Waals surface area (Å²) in [6.07, 6.45) is 0. The van der Waals surface area contributed by atoms with Crippen molar-refractivity contribution in [1.29, 1.82) is 0 Å². The number of amides is 1. The van der Waals surface area contributed by atoms with E-state index in [0.717, 1.165) is 17.3 Å². The van der Waals surface area contributed by atoms with Gasteiger partial charge in [-0.15, -0.1) is 0 Å². The zero-order chi connectivity index (χ0) is 20.3. The van der Waals surface area contributed by atoms with Gasteiger partial charge in [-0.3, -0.25) is 4.79 Å². The summed E-state index contributed by atoms with van der Waals surface area (Å²) in [6, 6.07) is 13.2. The monoisotopic (exact) mass is 399 g/mol. The standard InChI is InChI=1S/C19H17N3O5S/c1-11-3-9-15(10-4-11)22-17(19(26)27-21-22)28-12(2)16(23)20-14-7-5-13(6-8-14)18(24)25/h3-10,12H,1-2H3,(H2-,20,21,23,24,25,26). The number of hydrogen-bond acceptors (Lipinski definition) is 6. The average molecular weight is 399 g/mol. The van der Waals surface area contributed by atoms with Crippen LogP contribution in [0.5, 0.6) is 5.95 Å². The number of nitrogens with zero attached hydrogens (tertiary/aromatic N) is 2. The first kappa shape index (κ1) is 19.4. The van der Waals surface area contributed by atoms with E-state index in [1.54, 1.807) is 19.1 Å². The number of hydrogen-bond donors (Lipinski definition) is 2. The summed E-state index contributed by atoms with van der Waals surface area (Å²) in [5.74, 6) is -2.02. The second kappa shape index (κ2) is 8.13. The van der Waals surface area contributed by atoms with Gasteiger partial charge in [-0.25, -0.2) is 4.79 Å². The Hall–Kier alpha value is -3.33. The van der Waals surface area contributed by atoms with E-state index in [0.29, 0.717) is 11.4 Å². The van der Waals surface area contributed by atoms with Crippen LogP contribution in [0.3, 0.4) is 0 Å². The van der Waals surface area contributed by atoms with Crippen LogP contribution in [0, 0.1) is 6.92 Å². The van der Waals surface area contributed by atoms with E-state index in [1.165, 1.54) is 28.9 Å². The summed E-state index contributed by atoms with van der Waals surface area (Å²) in [6.45, 7) is 3.60. The zero-order valence-electron chi connectivity index (χ0n) is 15.1. The molecule has 1 atom stereocenters. The molecule has 1 amide bonds. The van der Waals surface area contributed by atoms with Crippen molar-refractivity contribution < 1.29 is 29.0 Å². The van der Waals surface area contributed by atoms with Gasteiger partial charge >= 0.3 is 5.97 Å². The van der Waals surface area contributed by atoms with E-state index < -0.39 is 17.2 Å². The van der Waals surface area contributed by atoms with Gasteiger partial charge in [-0.2, -0.15) is 0 Å². The smallest absolute Gasteiger partial charge is 0.335 e. The fourth-order valence-electron chi connectivity index (χ4n) is 2.35. The Morgan fingerprint density at radius 2 is 1.82 bits per heavy atom. The highest BCUT2D eigenvalue weighted by Crippen LogP contribution is 2.28. The maximum atomic E-state index is 12.5. The maximum absolute atomic E-state index is 12.5. The van der Waals surface area contributed by atoms with Crippen LogP contribution in [0.25, 0.3) is 5.69 Å². The second-order valence-electron chi connectivity index (χ2n) is 6.04. The first-order chi connectivity index (χ1) is 13.3. The second-order valence-corrected chi connectivity index (χ2v) is 7.37. The Morgan fingerprint density at radius 3 is 2.43 bits per heavy atom. The number of nitrogens with one attached hydrogen (secondary N) is 1. The largest absolute Gasteiger partial charge is 0.538 e. The van der Waals surface area contributed by atoms with Crippen molar-refractivity contribution >= 4 is 29.3 Å². The van der Waals surface area contributed by atoms with E-state index in [9.17, 15) is 14.7 Å². The molecule has 3 rings (SSSR count). The number of carbonyl (C=O) groups is 2. The fourth-order valence-corrected chi connectivity index (χ4v) is 3.22. The number of rotatable bonds is 6. The minimum Gasteiger partial charge on any atom is -0.538 e. The molecule has 0 radical (unpaired) electrons. The fraction of sp³-hybridized carbons (Fsp3) is 0.158. The third-order valence-corrected chi connectivity index (χ3v) is 5.04. The maximum Gasteiger partial charge on any atom is 0.335 e. The van der Waals surface area contributed by atoms with Crippen LogP contribution in [-0.2, 0) is 4.79 Å². The van der Waals surface area contributed by atoms with Crippen LogP contribution in [0.2, 0.25) is 0 Å². The minimum absolute atomic E-state index is 0.125. The van der Waals surface area contributed by atoms with Gasteiger partial charge in [0.15, 0.2) is 5.95 Å². The van der Waals surface area contributed by atoms with Gasteiger partial charge in [0.2, 0.25) is 11.6 Å². The Bertz CT molecular complexity index is 999. The van der Waals surface area contributed by atoms with Crippen molar-refractivity contribution in [2.24, 2.45) is 0 Å². The third kappa shape index (κ3) is 4.32. The van der Waals surface area contributed by atoms with E-state index in [1.807, 2.05) is 19.1 Å². The average Bonchev–Trinajstić information content (AvgIpc) is 3.03. The van der Waals surface area contributed by atoms with Crippen molar-refractivity contribution in [3.8, 4) is 11.6 Å². The summed E-state index contributed by atoms with van der Waals surface area (Å²) in [5, 5.41) is 27.0. The van der Waals surface area contributed by atoms with Crippen molar-refractivity contribution in [3.05, 3.63) is 59.7 Å². The highest BCUT2D eigenvalue weighted by atomic mass is 32.2. The molecule has 1 unspecified atom stereocenters. The molecule has 3 aromatic rings. The highest BCUT2D eigenvalue weighted by Gasteiger charge is 2.26. The molecular weight excluding hydrogens is 382 g/mol. The molecule has 0 aliphatic rings. The van der Waals surface area contributed by atoms with E-state index in [-0.39, 0.29) is 16.5 Å². The van der Waals surface area contributed by atoms with Crippen molar-refractivity contribution in [2.75, 3.05) is 5.32 Å². The van der Waals surface area contributed by atoms with Gasteiger partial charge in [0.25, 0.3) is 5.03 Å². The molecule has 0 saturated carbocycles. The van der Waals surface area contributed by atoms with Gasteiger partial charge in [0.1, 0.15) is 0 Å². The molecule has 0 spiro atoms. The summed E-state index contributed by atoms with van der Waals surface area (Å²) in [7, 11) is 0. The number of carboxylic acids is 1. The van der Waals surface area contributed by atoms with Crippen molar-refractivity contribution in [3.63, 3.8) is 0 Å². The van der Waals surface area contributed by atoms with Crippen LogP contribution >= 0.6 is 11.8 Å². The molecule has 2 N–H and O–H groups in total. The molecule has 2 aromatic carbocycles. The molecule has 0 aliphatic heterocycles. The molecule has 1 heterocycles. The van der Waals surface area contributed by atoms with E-state index in [2.05, 4.69) is 10.6 Å². The van der Waals surface area contributed by atoms with E-state index in [4.69, 9.17) is 9.63 Å². The number of carbonyl (C=O) groups excluding carboxylic acids is 1. The number of anilines is 1. The van der Waals surface area contributed by atoms with Gasteiger partial charge < -0.3 is 20.1 Å². The number of aromatic carboxylic acids is 1. The van der Waals surface area contributed by atoms with Gasteiger partial charge in [-0.1, -0.05) is 17.7 Å². The Labute approximate surface area is 164 Å². The number of aryl methyl sites for hydroxylation is 1. The molecule has 9 heteroatoms. The molecule has 0 aliphatic carbocycles. The van der Waals surface area contributed by atoms with Crippen LogP contribution in [0.4, 0.5) is 5.69 Å². The van der Waals surface area contributed by atoms with Gasteiger partial charge in [-0.05, 0) is 54.6 Å². The molecule has 1 aromatic heterocycles. The lowest BCUT2D eigenvalue weighted by Gasteiger charge is -2.10. The Balaban J connectivity index is 1.73. The zero-order valence-corrected chi connectivity index (χ0v) is 15.9. The summed E-state index contributed by atoms with van der Waals surface area (Å²) < 4.78 is 6.12. The SMILES string of the molecule is Cc1ccc(-[n+]2noc([O-])c2SC(C)C(=O)Nc2ccc(C(=O)O)cc2)cc1. The molecule has 8 nitrogen and oxygen atoms in total. The van der Waals surface area contributed by atoms with Crippen LogP contribution in [0.1, 0.15) is 22.8 Å². The molecule has 28 heavy (non-hydrogen) atoms. The summed E-state index contributed by atoms with van der Waals surface area (Å²) in [4.78, 5) is 23.3. The Kier molecular flexibility index (Phi) is 5.65. The minimum atomic E-state index is -1.04. The first-order valence-corrected chi connectivity index (χ1v) is 9.20. The lowest BCUT2D eigenvalue weighted by atomic mass is 10.2. The summed E-state index contributed by atoms with van der Waals surface area (Å²) >= 11 is 1.03. The van der Waals surface area contributed by atoms with Crippen molar-refractivity contribution in [1.82, 2.24) is 5.27 Å². The summed E-state index contributed by atoms with van der Waals surface area (Å²) in [5.41, 5.74) is 2.29. The number of aromatic nitrogens is 2. The third-order valence-electron chi connectivity index (χ3n) is 3.91. The van der Waals surface area contributed by atoms with E-state index >= 15 is 0 Å². The van der Waals surface area contributed by atoms with Gasteiger partial charge in [0, 0.05) is 17.8 Å². The number of thioether (sulfide) groups is 1. The predicted octanol–water partition coefficient (Wildman–Crippen LogP) is 2.15. The van der Waals surface area contributed by atoms with Crippen LogP contribution in [-0.4, -0.2) is 27.5 Å². The Morgan fingerprint density at radius 1 is 1.18 bits per heavy atom. The molecule has 144 valence electrons. The molecule has 0 bridgehead atoms. The number of benzene rings is 2. The predicted molar refractivity (Wildman–Crippen MR) is 99.6 cm³/mol. The highest BCUT2D eigenvalue weighted by molar-refractivity contribution is 8.00. The first-order valence-electron chi connectivity index (χ1n) is 8.32. The lowest BCUT2D eigenvalue weighted by molar-refractivity contribution is -0.705. The van der Waals surface area contributed by atoms with Crippen LogP contribution in [0.15, 0.2) is 58.1 Å². The van der Waals surface area contributed by atoms with Crippen molar-refractivity contribution in [2.45, 2.75) is 24.1 Å². The van der Waals surface area contributed by atoms with Crippen LogP contribution < -0.4 is 15.1 Å². The number of carboxylic acid groups (broad SMARTS) is 1. The lowest BCUT2D eigenvalue weighted by Crippen LogP contribution is -2.36. The van der Waals surface area contributed by atoms with Gasteiger partial charge in [0.05, 0.1) is 16.1 Å². The quantitative estimate of drug-likeness (QED) is 0.481. The molecule has 0 fully saturated rings.